The molecule has 0 aliphatic carbocycles. The van der Waals surface area contributed by atoms with Crippen LogP contribution in [-0.2, 0) is 4.79 Å². The van der Waals surface area contributed by atoms with Gasteiger partial charge in [0.05, 0.1) is 5.52 Å². The first-order valence-electron chi connectivity index (χ1n) is 9.17. The number of aliphatic imine (C=N–C) groups is 1. The molecule has 0 spiro atoms. The molecule has 6 nitrogen and oxygen atoms in total. The van der Waals surface area contributed by atoms with Gasteiger partial charge in [-0.15, -0.1) is 0 Å². The minimum Gasteiger partial charge on any atom is -0.404 e. The standard InChI is InChI=1S/C21H27N5O/c1-15(2)23-21(8-10-22)26-11-9-18-19(6-5-7-20(18)26)25-13-12-24(17(4)27)14-16(25)3/h5-11,16H,1,12-14,22H2,2-4H3/b10-8-,23-21+/t16-/m1/s1. The zero-order valence-corrected chi connectivity index (χ0v) is 16.2. The molecule has 142 valence electrons. The number of hydrogen-bond donors (Lipinski definition) is 1. The summed E-state index contributed by atoms with van der Waals surface area (Å²) in [6, 6.07) is 8.63. The Morgan fingerprint density at radius 2 is 2.07 bits per heavy atom. The summed E-state index contributed by atoms with van der Waals surface area (Å²) in [6.45, 7) is 11.8. The number of benzene rings is 1. The van der Waals surface area contributed by atoms with Gasteiger partial charge in [-0.2, -0.15) is 0 Å². The van der Waals surface area contributed by atoms with E-state index in [0.29, 0.717) is 0 Å². The summed E-state index contributed by atoms with van der Waals surface area (Å²) in [5.74, 6) is 0.867. The van der Waals surface area contributed by atoms with Crippen molar-refractivity contribution in [2.45, 2.75) is 26.8 Å². The van der Waals surface area contributed by atoms with E-state index in [1.54, 1.807) is 13.0 Å². The van der Waals surface area contributed by atoms with Gasteiger partial charge >= 0.3 is 0 Å². The molecule has 27 heavy (non-hydrogen) atoms. The van der Waals surface area contributed by atoms with Crippen LogP contribution >= 0.6 is 0 Å². The van der Waals surface area contributed by atoms with Gasteiger partial charge in [0.1, 0.15) is 5.84 Å². The monoisotopic (exact) mass is 365 g/mol. The molecule has 1 aromatic heterocycles. The number of nitrogens with two attached hydrogens (primary N) is 1. The van der Waals surface area contributed by atoms with E-state index in [1.807, 2.05) is 22.6 Å². The summed E-state index contributed by atoms with van der Waals surface area (Å²) in [5, 5.41) is 1.15. The number of carbonyl (C=O) groups excluding carboxylic acids is 1. The molecular formula is C21H27N5O. The predicted octanol–water partition coefficient (Wildman–Crippen LogP) is 2.95. The maximum absolute atomic E-state index is 11.7. The average Bonchev–Trinajstić information content (AvgIpc) is 3.05. The Balaban J connectivity index is 2.01. The fourth-order valence-corrected chi connectivity index (χ4v) is 3.66. The number of carbonyl (C=O) groups is 1. The van der Waals surface area contributed by atoms with Crippen LogP contribution < -0.4 is 10.6 Å². The van der Waals surface area contributed by atoms with E-state index in [-0.39, 0.29) is 11.9 Å². The van der Waals surface area contributed by atoms with Gasteiger partial charge in [-0.1, -0.05) is 12.6 Å². The first-order chi connectivity index (χ1) is 12.9. The Labute approximate surface area is 160 Å². The number of nitrogens with zero attached hydrogens (tertiary/aromatic N) is 4. The highest BCUT2D eigenvalue weighted by Gasteiger charge is 2.26. The highest BCUT2D eigenvalue weighted by molar-refractivity contribution is 6.04. The molecule has 2 N–H and O–H groups in total. The fraction of sp³-hybridized carbons (Fsp3) is 0.333. The van der Waals surface area contributed by atoms with E-state index in [0.717, 1.165) is 42.1 Å². The molecular weight excluding hydrogens is 338 g/mol. The number of piperazine rings is 1. The lowest BCUT2D eigenvalue weighted by molar-refractivity contribution is -0.129. The van der Waals surface area contributed by atoms with Gasteiger partial charge in [-0.25, -0.2) is 4.99 Å². The summed E-state index contributed by atoms with van der Waals surface area (Å²) in [6.07, 6.45) is 5.27. The van der Waals surface area contributed by atoms with Crippen LogP contribution in [0.4, 0.5) is 5.69 Å². The molecule has 1 amide bonds. The Morgan fingerprint density at radius 1 is 1.30 bits per heavy atom. The molecule has 1 saturated heterocycles. The molecule has 6 heteroatoms. The van der Waals surface area contributed by atoms with Crippen LogP contribution in [0.25, 0.3) is 10.9 Å². The Bertz CT molecular complexity index is 924. The highest BCUT2D eigenvalue weighted by Crippen LogP contribution is 2.30. The van der Waals surface area contributed by atoms with E-state index in [1.165, 1.54) is 11.9 Å². The Hall–Kier alpha value is -3.02. The second-order valence-electron chi connectivity index (χ2n) is 6.97. The van der Waals surface area contributed by atoms with E-state index in [9.17, 15) is 4.79 Å². The largest absolute Gasteiger partial charge is 0.404 e. The zero-order chi connectivity index (χ0) is 19.6. The van der Waals surface area contributed by atoms with Crippen LogP contribution in [0.5, 0.6) is 0 Å². The van der Waals surface area contributed by atoms with Crippen molar-refractivity contribution in [2.75, 3.05) is 24.5 Å². The Morgan fingerprint density at radius 3 is 2.70 bits per heavy atom. The minimum atomic E-state index is 0.139. The topological polar surface area (TPSA) is 66.9 Å². The Kier molecular flexibility index (Phi) is 5.35. The van der Waals surface area contributed by atoms with Gasteiger partial charge in [0.2, 0.25) is 5.91 Å². The van der Waals surface area contributed by atoms with Crippen molar-refractivity contribution >= 4 is 28.3 Å². The molecule has 2 heterocycles. The molecule has 1 atom stereocenters. The van der Waals surface area contributed by atoms with Crippen molar-refractivity contribution in [3.05, 3.63) is 55.0 Å². The molecule has 0 unspecified atom stereocenters. The molecule has 1 fully saturated rings. The van der Waals surface area contributed by atoms with E-state index in [2.05, 4.69) is 47.7 Å². The molecule has 1 aliphatic heterocycles. The molecule has 0 bridgehead atoms. The van der Waals surface area contributed by atoms with Gasteiger partial charge in [0.25, 0.3) is 0 Å². The van der Waals surface area contributed by atoms with E-state index < -0.39 is 0 Å². The lowest BCUT2D eigenvalue weighted by atomic mass is 10.1. The maximum atomic E-state index is 11.7. The van der Waals surface area contributed by atoms with Crippen LogP contribution in [0.3, 0.4) is 0 Å². The number of allylic oxidation sites excluding steroid dienone is 2. The van der Waals surface area contributed by atoms with Crippen molar-refractivity contribution in [2.24, 2.45) is 10.7 Å². The zero-order valence-electron chi connectivity index (χ0n) is 16.2. The number of hydrogen-bond acceptors (Lipinski definition) is 4. The summed E-state index contributed by atoms with van der Waals surface area (Å²) in [5.41, 5.74) is 8.57. The number of anilines is 1. The SMILES string of the molecule is C=C(C)/N=C(\C=C/N)n1ccc2c(N3CCN(C(C)=O)C[C@H]3C)cccc21. The average molecular weight is 365 g/mol. The third-order valence-corrected chi connectivity index (χ3v) is 4.89. The summed E-state index contributed by atoms with van der Waals surface area (Å²) < 4.78 is 2.02. The molecule has 0 saturated carbocycles. The smallest absolute Gasteiger partial charge is 0.219 e. The lowest BCUT2D eigenvalue weighted by Gasteiger charge is -2.41. The van der Waals surface area contributed by atoms with Crippen LogP contribution in [0.15, 0.2) is 60.0 Å². The van der Waals surface area contributed by atoms with Gasteiger partial charge in [0, 0.05) is 55.6 Å². The van der Waals surface area contributed by atoms with Crippen LogP contribution in [0.2, 0.25) is 0 Å². The summed E-state index contributed by atoms with van der Waals surface area (Å²) in [4.78, 5) is 20.5. The second-order valence-corrected chi connectivity index (χ2v) is 6.97. The van der Waals surface area contributed by atoms with Gasteiger partial charge in [-0.3, -0.25) is 4.79 Å². The second kappa shape index (κ2) is 7.70. The van der Waals surface area contributed by atoms with Crippen LogP contribution in [0.1, 0.15) is 20.8 Å². The molecule has 2 aromatic rings. The number of rotatable bonds is 3. The molecule has 3 rings (SSSR count). The van der Waals surface area contributed by atoms with Crippen LogP contribution in [-0.4, -0.2) is 46.9 Å². The summed E-state index contributed by atoms with van der Waals surface area (Å²) >= 11 is 0. The minimum absolute atomic E-state index is 0.139. The normalized spacial score (nSPS) is 18.5. The number of aromatic nitrogens is 1. The predicted molar refractivity (Wildman–Crippen MR) is 112 cm³/mol. The maximum Gasteiger partial charge on any atom is 0.219 e. The van der Waals surface area contributed by atoms with Crippen molar-refractivity contribution in [3.63, 3.8) is 0 Å². The van der Waals surface area contributed by atoms with Gasteiger partial charge < -0.3 is 20.1 Å². The number of fused-ring (bicyclic) bond motifs is 1. The summed E-state index contributed by atoms with van der Waals surface area (Å²) in [7, 11) is 0. The first kappa shape index (κ1) is 18.8. The van der Waals surface area contributed by atoms with Crippen molar-refractivity contribution in [1.82, 2.24) is 9.47 Å². The van der Waals surface area contributed by atoms with Gasteiger partial charge in [0.15, 0.2) is 0 Å². The highest BCUT2D eigenvalue weighted by atomic mass is 16.2. The molecule has 1 aliphatic rings. The fourth-order valence-electron chi connectivity index (χ4n) is 3.66. The van der Waals surface area contributed by atoms with Crippen molar-refractivity contribution < 1.29 is 4.79 Å². The van der Waals surface area contributed by atoms with Crippen molar-refractivity contribution in [1.29, 1.82) is 0 Å². The van der Waals surface area contributed by atoms with E-state index >= 15 is 0 Å². The molecule has 1 aromatic carbocycles. The quantitative estimate of drug-likeness (QED) is 0.672. The number of amides is 1. The van der Waals surface area contributed by atoms with Gasteiger partial charge in [-0.05, 0) is 44.3 Å². The first-order valence-corrected chi connectivity index (χ1v) is 9.17. The molecule has 0 radical (unpaired) electrons. The third kappa shape index (κ3) is 3.74. The third-order valence-electron chi connectivity index (χ3n) is 4.89. The van der Waals surface area contributed by atoms with E-state index in [4.69, 9.17) is 5.73 Å². The van der Waals surface area contributed by atoms with Crippen molar-refractivity contribution in [3.8, 4) is 0 Å². The van der Waals surface area contributed by atoms with Crippen LogP contribution in [0, 0.1) is 0 Å². The lowest BCUT2D eigenvalue weighted by Crippen LogP contribution is -2.53.